The van der Waals surface area contributed by atoms with E-state index in [-0.39, 0.29) is 5.91 Å². The molecule has 5 nitrogen and oxygen atoms in total. The van der Waals surface area contributed by atoms with E-state index in [2.05, 4.69) is 10.3 Å². The van der Waals surface area contributed by atoms with Crippen LogP contribution in [0.25, 0.3) is 0 Å². The van der Waals surface area contributed by atoms with Gasteiger partial charge in [0.05, 0.1) is 12.1 Å². The van der Waals surface area contributed by atoms with Crippen molar-refractivity contribution in [3.05, 3.63) is 17.8 Å². The van der Waals surface area contributed by atoms with Crippen molar-refractivity contribution in [1.82, 2.24) is 10.3 Å². The van der Waals surface area contributed by atoms with Gasteiger partial charge >= 0.3 is 0 Å². The van der Waals surface area contributed by atoms with Crippen molar-refractivity contribution >= 4 is 11.7 Å². The van der Waals surface area contributed by atoms with Gasteiger partial charge in [-0.05, 0) is 0 Å². The third-order valence-corrected chi connectivity index (χ3v) is 1.78. The Morgan fingerprint density at radius 3 is 3.31 bits per heavy atom. The molecule has 68 valence electrons. The number of amides is 1. The fourth-order valence-corrected chi connectivity index (χ4v) is 1.16. The van der Waals surface area contributed by atoms with E-state index in [4.69, 9.17) is 10.5 Å². The normalized spacial score (nSPS) is 15.2. The van der Waals surface area contributed by atoms with Gasteiger partial charge in [0.1, 0.15) is 18.2 Å². The molecule has 2 heterocycles. The summed E-state index contributed by atoms with van der Waals surface area (Å²) in [7, 11) is 0. The van der Waals surface area contributed by atoms with E-state index in [1.165, 1.54) is 6.20 Å². The first-order chi connectivity index (χ1) is 6.27. The number of carbonyl (C=O) groups excluding carboxylic acids is 1. The fraction of sp³-hybridized carbons (Fsp3) is 0.250. The van der Waals surface area contributed by atoms with Crippen LogP contribution in [0.4, 0.5) is 5.82 Å². The third-order valence-electron chi connectivity index (χ3n) is 1.78. The van der Waals surface area contributed by atoms with Gasteiger partial charge in [-0.1, -0.05) is 0 Å². The molecule has 1 amide bonds. The highest BCUT2D eigenvalue weighted by Crippen LogP contribution is 2.20. The first-order valence-corrected chi connectivity index (χ1v) is 3.94. The predicted molar refractivity (Wildman–Crippen MR) is 46.5 cm³/mol. The Kier molecular flexibility index (Phi) is 1.77. The number of nitrogens with one attached hydrogen (secondary N) is 1. The molecule has 3 N–H and O–H groups in total. The maximum absolute atomic E-state index is 11.3. The van der Waals surface area contributed by atoms with Gasteiger partial charge in [0.2, 0.25) is 0 Å². The van der Waals surface area contributed by atoms with E-state index in [1.807, 2.05) is 0 Å². The van der Waals surface area contributed by atoms with Gasteiger partial charge in [-0.3, -0.25) is 4.79 Å². The van der Waals surface area contributed by atoms with E-state index in [0.717, 1.165) is 0 Å². The summed E-state index contributed by atoms with van der Waals surface area (Å²) in [4.78, 5) is 15.2. The lowest BCUT2D eigenvalue weighted by atomic mass is 10.2. The molecular formula is C8H9N3O2. The van der Waals surface area contributed by atoms with Crippen LogP contribution in [0.1, 0.15) is 10.4 Å². The second-order valence-electron chi connectivity index (χ2n) is 2.71. The molecule has 0 aliphatic carbocycles. The Hall–Kier alpha value is -1.78. The average Bonchev–Trinajstić information content (AvgIpc) is 2.28. The molecule has 0 atom stereocenters. The zero-order valence-corrected chi connectivity index (χ0v) is 6.91. The van der Waals surface area contributed by atoms with Crippen molar-refractivity contribution in [2.45, 2.75) is 0 Å². The summed E-state index contributed by atoms with van der Waals surface area (Å²) in [5.41, 5.74) is 5.89. The Balaban J connectivity index is 2.48. The van der Waals surface area contributed by atoms with E-state index >= 15 is 0 Å². The molecule has 13 heavy (non-hydrogen) atoms. The number of nitrogen functional groups attached to an aromatic ring is 1. The quantitative estimate of drug-likeness (QED) is 0.577. The fourth-order valence-electron chi connectivity index (χ4n) is 1.16. The molecule has 0 bridgehead atoms. The largest absolute Gasteiger partial charge is 0.491 e. The monoisotopic (exact) mass is 179 g/mol. The van der Waals surface area contributed by atoms with Crippen LogP contribution in [0, 0.1) is 0 Å². The van der Waals surface area contributed by atoms with Crippen molar-refractivity contribution in [1.29, 1.82) is 0 Å². The number of pyridine rings is 1. The Morgan fingerprint density at radius 2 is 2.46 bits per heavy atom. The summed E-state index contributed by atoms with van der Waals surface area (Å²) in [6.07, 6.45) is 1.42. The predicted octanol–water partition coefficient (Wildman–Crippen LogP) is -0.214. The summed E-state index contributed by atoms with van der Waals surface area (Å²) in [5, 5.41) is 2.68. The van der Waals surface area contributed by atoms with Gasteiger partial charge in [-0.15, -0.1) is 0 Å². The minimum absolute atomic E-state index is 0.167. The lowest BCUT2D eigenvalue weighted by Gasteiger charge is -2.04. The van der Waals surface area contributed by atoms with Crippen LogP contribution in [0.15, 0.2) is 12.3 Å². The van der Waals surface area contributed by atoms with Crippen LogP contribution in [-0.2, 0) is 0 Å². The van der Waals surface area contributed by atoms with Gasteiger partial charge in [-0.2, -0.15) is 0 Å². The molecule has 0 saturated carbocycles. The number of hydrogen-bond donors (Lipinski definition) is 2. The lowest BCUT2D eigenvalue weighted by molar-refractivity contribution is 0.0957. The Morgan fingerprint density at radius 1 is 1.62 bits per heavy atom. The van der Waals surface area contributed by atoms with Crippen LogP contribution in [0.2, 0.25) is 0 Å². The zero-order valence-electron chi connectivity index (χ0n) is 6.91. The minimum atomic E-state index is -0.167. The smallest absolute Gasteiger partial charge is 0.256 e. The standard InChI is InChI=1S/C8H9N3O2/c9-7-3-6-5(4-11-7)8(12)10-1-2-13-6/h3-4H,1-2H2,(H2,9,11)(H,10,12). The van der Waals surface area contributed by atoms with Crippen LogP contribution < -0.4 is 15.8 Å². The molecule has 1 aromatic rings. The third kappa shape index (κ3) is 1.40. The van der Waals surface area contributed by atoms with E-state index in [9.17, 15) is 4.79 Å². The van der Waals surface area contributed by atoms with Crippen LogP contribution in [0.5, 0.6) is 5.75 Å². The molecule has 2 rings (SSSR count). The number of hydrogen-bond acceptors (Lipinski definition) is 4. The van der Waals surface area contributed by atoms with Crippen molar-refractivity contribution in [3.8, 4) is 5.75 Å². The summed E-state index contributed by atoms with van der Waals surface area (Å²) in [5.74, 6) is 0.691. The van der Waals surface area contributed by atoms with Gasteiger partial charge in [0.25, 0.3) is 5.91 Å². The molecule has 0 aromatic carbocycles. The molecule has 1 aliphatic heterocycles. The minimum Gasteiger partial charge on any atom is -0.491 e. The number of nitrogens with two attached hydrogens (primary N) is 1. The summed E-state index contributed by atoms with van der Waals surface area (Å²) in [6.45, 7) is 0.968. The van der Waals surface area contributed by atoms with E-state index in [1.54, 1.807) is 6.07 Å². The SMILES string of the molecule is Nc1cc2c(cn1)C(=O)NCCO2. The molecule has 1 aromatic heterocycles. The number of fused-ring (bicyclic) bond motifs is 1. The number of nitrogens with zero attached hydrogens (tertiary/aromatic N) is 1. The lowest BCUT2D eigenvalue weighted by Crippen LogP contribution is -2.24. The second-order valence-corrected chi connectivity index (χ2v) is 2.71. The van der Waals surface area contributed by atoms with Crippen molar-refractivity contribution in [2.75, 3.05) is 18.9 Å². The van der Waals surface area contributed by atoms with Gasteiger partial charge in [0.15, 0.2) is 0 Å². The van der Waals surface area contributed by atoms with E-state index < -0.39 is 0 Å². The van der Waals surface area contributed by atoms with E-state index in [0.29, 0.717) is 30.3 Å². The first-order valence-electron chi connectivity index (χ1n) is 3.94. The first kappa shape index (κ1) is 7.85. The summed E-state index contributed by atoms with van der Waals surface area (Å²) >= 11 is 0. The highest BCUT2D eigenvalue weighted by atomic mass is 16.5. The van der Waals surface area contributed by atoms with Gasteiger partial charge < -0.3 is 15.8 Å². The molecule has 1 aliphatic rings. The zero-order chi connectivity index (χ0) is 9.26. The van der Waals surface area contributed by atoms with Gasteiger partial charge in [-0.25, -0.2) is 4.98 Å². The van der Waals surface area contributed by atoms with Gasteiger partial charge in [0, 0.05) is 12.3 Å². The highest BCUT2D eigenvalue weighted by molar-refractivity contribution is 5.97. The Labute approximate surface area is 74.9 Å². The molecule has 0 fully saturated rings. The topological polar surface area (TPSA) is 77.2 Å². The maximum Gasteiger partial charge on any atom is 0.256 e. The molecule has 0 radical (unpaired) electrons. The van der Waals surface area contributed by atoms with Crippen LogP contribution in [-0.4, -0.2) is 24.0 Å². The molecule has 0 spiro atoms. The maximum atomic E-state index is 11.3. The van der Waals surface area contributed by atoms with Crippen molar-refractivity contribution in [2.24, 2.45) is 0 Å². The highest BCUT2D eigenvalue weighted by Gasteiger charge is 2.16. The molecule has 0 unspecified atom stereocenters. The van der Waals surface area contributed by atoms with Crippen molar-refractivity contribution in [3.63, 3.8) is 0 Å². The molecular weight excluding hydrogens is 170 g/mol. The second kappa shape index (κ2) is 2.93. The number of carbonyl (C=O) groups is 1. The number of anilines is 1. The number of aromatic nitrogens is 1. The molecule has 0 saturated heterocycles. The summed E-state index contributed by atoms with van der Waals surface area (Å²) < 4.78 is 5.30. The van der Waals surface area contributed by atoms with Crippen LogP contribution >= 0.6 is 0 Å². The van der Waals surface area contributed by atoms with Crippen LogP contribution in [0.3, 0.4) is 0 Å². The van der Waals surface area contributed by atoms with Crippen molar-refractivity contribution < 1.29 is 9.53 Å². The Bertz CT molecular complexity index is 351. The molecule has 5 heteroatoms. The summed E-state index contributed by atoms with van der Waals surface area (Å²) in [6, 6.07) is 1.56. The average molecular weight is 179 g/mol. The number of ether oxygens (including phenoxy) is 1. The number of rotatable bonds is 0.